The zero-order valence-electron chi connectivity index (χ0n) is 12.8. The molecule has 0 aliphatic carbocycles. The van der Waals surface area contributed by atoms with Crippen LogP contribution in [0.4, 0.5) is 0 Å². The Morgan fingerprint density at radius 1 is 1.43 bits per heavy atom. The molecule has 2 rings (SSSR count). The van der Waals surface area contributed by atoms with Gasteiger partial charge >= 0.3 is 0 Å². The molecule has 5 heteroatoms. The molecule has 0 radical (unpaired) electrons. The molecule has 0 aromatic heterocycles. The van der Waals surface area contributed by atoms with Crippen LogP contribution in [-0.2, 0) is 0 Å². The summed E-state index contributed by atoms with van der Waals surface area (Å²) in [6, 6.07) is 6.46. The molecule has 1 heterocycles. The first-order chi connectivity index (χ1) is 10.0. The van der Waals surface area contributed by atoms with E-state index in [2.05, 4.69) is 33.2 Å². The minimum atomic E-state index is -0.488. The molecule has 2 N–H and O–H groups in total. The van der Waals surface area contributed by atoms with Crippen LogP contribution >= 0.6 is 15.9 Å². The number of rotatable bonds is 6. The van der Waals surface area contributed by atoms with Gasteiger partial charge in [0.05, 0.1) is 4.47 Å². The Morgan fingerprint density at radius 3 is 2.81 bits per heavy atom. The second-order valence-electron chi connectivity index (χ2n) is 5.88. The molecule has 1 aromatic carbocycles. The highest BCUT2D eigenvalue weighted by Gasteiger charge is 2.17. The topological polar surface area (TPSA) is 44.7 Å². The van der Waals surface area contributed by atoms with Crippen LogP contribution in [0, 0.1) is 6.92 Å². The maximum atomic E-state index is 10.0. The first kappa shape index (κ1) is 16.7. The number of piperidine rings is 1. The van der Waals surface area contributed by atoms with Crippen molar-refractivity contribution < 1.29 is 9.84 Å². The molecule has 0 spiro atoms. The van der Waals surface area contributed by atoms with Gasteiger partial charge in [0.1, 0.15) is 18.5 Å². The molecule has 0 bridgehead atoms. The molecule has 1 unspecified atom stereocenters. The number of aliphatic hydroxyl groups is 1. The molecule has 1 saturated heterocycles. The van der Waals surface area contributed by atoms with Crippen molar-refractivity contribution in [3.63, 3.8) is 0 Å². The number of nitrogens with one attached hydrogen (secondary N) is 1. The lowest BCUT2D eigenvalue weighted by atomic mass is 10.1. The molecule has 1 aliphatic rings. The Hall–Kier alpha value is -0.620. The molecular weight excluding hydrogens is 332 g/mol. The summed E-state index contributed by atoms with van der Waals surface area (Å²) in [6.45, 7) is 5.18. The van der Waals surface area contributed by atoms with Gasteiger partial charge in [-0.2, -0.15) is 0 Å². The number of aryl methyl sites for hydroxylation is 1. The van der Waals surface area contributed by atoms with E-state index >= 15 is 0 Å². The van der Waals surface area contributed by atoms with Gasteiger partial charge < -0.3 is 20.1 Å². The van der Waals surface area contributed by atoms with Crippen molar-refractivity contribution >= 4 is 15.9 Å². The maximum Gasteiger partial charge on any atom is 0.133 e. The minimum Gasteiger partial charge on any atom is -0.490 e. The Morgan fingerprint density at radius 2 is 2.14 bits per heavy atom. The standard InChI is InChI=1S/C16H25BrN2O2/c1-12-3-4-16(15(17)9-12)21-11-14(20)10-18-13-5-7-19(2)8-6-13/h3-4,9,13-14,18,20H,5-8,10-11H2,1-2H3. The van der Waals surface area contributed by atoms with Crippen LogP contribution in [0.1, 0.15) is 18.4 Å². The predicted molar refractivity (Wildman–Crippen MR) is 88.9 cm³/mol. The van der Waals surface area contributed by atoms with Gasteiger partial charge in [0, 0.05) is 12.6 Å². The predicted octanol–water partition coefficient (Wildman–Crippen LogP) is 2.18. The summed E-state index contributed by atoms with van der Waals surface area (Å²) >= 11 is 3.48. The van der Waals surface area contributed by atoms with Crippen LogP contribution in [0.3, 0.4) is 0 Å². The van der Waals surface area contributed by atoms with Crippen molar-refractivity contribution in [2.75, 3.05) is 33.3 Å². The molecule has 4 nitrogen and oxygen atoms in total. The fourth-order valence-electron chi connectivity index (χ4n) is 2.48. The number of aliphatic hydroxyl groups excluding tert-OH is 1. The third kappa shape index (κ3) is 5.58. The van der Waals surface area contributed by atoms with Crippen LogP contribution in [-0.4, -0.2) is 55.4 Å². The Kier molecular flexibility index (Phi) is 6.48. The number of nitrogens with zero attached hydrogens (tertiary/aromatic N) is 1. The van der Waals surface area contributed by atoms with Gasteiger partial charge in [-0.05, 0) is 73.5 Å². The number of halogens is 1. The number of hydrogen-bond donors (Lipinski definition) is 2. The van der Waals surface area contributed by atoms with E-state index in [-0.39, 0.29) is 0 Å². The van der Waals surface area contributed by atoms with Crippen molar-refractivity contribution in [2.24, 2.45) is 0 Å². The molecule has 1 fully saturated rings. The van der Waals surface area contributed by atoms with Crippen molar-refractivity contribution in [3.05, 3.63) is 28.2 Å². The van der Waals surface area contributed by atoms with E-state index in [1.165, 1.54) is 5.56 Å². The SMILES string of the molecule is Cc1ccc(OCC(O)CNC2CCN(C)CC2)c(Br)c1. The van der Waals surface area contributed by atoms with Gasteiger partial charge in [-0.3, -0.25) is 0 Å². The first-order valence-corrected chi connectivity index (χ1v) is 8.33. The molecule has 0 saturated carbocycles. The molecule has 1 aliphatic heterocycles. The molecule has 1 aromatic rings. The highest BCUT2D eigenvalue weighted by Crippen LogP contribution is 2.25. The number of benzene rings is 1. The Balaban J connectivity index is 1.68. The van der Waals surface area contributed by atoms with Crippen molar-refractivity contribution in [1.29, 1.82) is 0 Å². The lowest BCUT2D eigenvalue weighted by molar-refractivity contribution is 0.0992. The quantitative estimate of drug-likeness (QED) is 0.819. The summed E-state index contributed by atoms with van der Waals surface area (Å²) in [4.78, 5) is 2.34. The minimum absolute atomic E-state index is 0.307. The van der Waals surface area contributed by atoms with E-state index in [0.29, 0.717) is 19.2 Å². The average molecular weight is 357 g/mol. The maximum absolute atomic E-state index is 10.0. The second-order valence-corrected chi connectivity index (χ2v) is 6.74. The zero-order chi connectivity index (χ0) is 15.2. The summed E-state index contributed by atoms with van der Waals surface area (Å²) in [5, 5.41) is 13.5. The van der Waals surface area contributed by atoms with Gasteiger partial charge in [0.2, 0.25) is 0 Å². The van der Waals surface area contributed by atoms with E-state index < -0.39 is 6.10 Å². The van der Waals surface area contributed by atoms with Crippen LogP contribution in [0.25, 0.3) is 0 Å². The average Bonchev–Trinajstić information content (AvgIpc) is 2.46. The van der Waals surface area contributed by atoms with E-state index in [4.69, 9.17) is 4.74 Å². The number of likely N-dealkylation sites (tertiary alicyclic amines) is 1. The molecule has 1 atom stereocenters. The molecule has 118 valence electrons. The fourth-order valence-corrected chi connectivity index (χ4v) is 3.09. The van der Waals surface area contributed by atoms with E-state index in [0.717, 1.165) is 36.2 Å². The van der Waals surface area contributed by atoms with Crippen molar-refractivity contribution in [1.82, 2.24) is 10.2 Å². The fraction of sp³-hybridized carbons (Fsp3) is 0.625. The van der Waals surface area contributed by atoms with Crippen LogP contribution in [0.5, 0.6) is 5.75 Å². The third-order valence-corrected chi connectivity index (χ3v) is 4.50. The highest BCUT2D eigenvalue weighted by molar-refractivity contribution is 9.10. The lowest BCUT2D eigenvalue weighted by Gasteiger charge is -2.30. The first-order valence-electron chi connectivity index (χ1n) is 7.53. The van der Waals surface area contributed by atoms with Crippen LogP contribution in [0.15, 0.2) is 22.7 Å². The summed E-state index contributed by atoms with van der Waals surface area (Å²) in [5.41, 5.74) is 1.18. The van der Waals surface area contributed by atoms with E-state index in [1.807, 2.05) is 25.1 Å². The van der Waals surface area contributed by atoms with Crippen molar-refractivity contribution in [3.8, 4) is 5.75 Å². The summed E-state index contributed by atoms with van der Waals surface area (Å²) < 4.78 is 6.59. The van der Waals surface area contributed by atoms with Crippen LogP contribution < -0.4 is 10.1 Å². The van der Waals surface area contributed by atoms with E-state index in [1.54, 1.807) is 0 Å². The monoisotopic (exact) mass is 356 g/mol. The van der Waals surface area contributed by atoms with Gasteiger partial charge in [-0.15, -0.1) is 0 Å². The van der Waals surface area contributed by atoms with E-state index in [9.17, 15) is 5.11 Å². The summed E-state index contributed by atoms with van der Waals surface area (Å²) in [7, 11) is 2.15. The number of ether oxygens (including phenoxy) is 1. The zero-order valence-corrected chi connectivity index (χ0v) is 14.4. The molecule has 21 heavy (non-hydrogen) atoms. The lowest BCUT2D eigenvalue weighted by Crippen LogP contribution is -2.44. The summed E-state index contributed by atoms with van der Waals surface area (Å²) in [6.07, 6.45) is 1.80. The largest absolute Gasteiger partial charge is 0.490 e. The van der Waals surface area contributed by atoms with Gasteiger partial charge in [0.25, 0.3) is 0 Å². The highest BCUT2D eigenvalue weighted by atomic mass is 79.9. The summed E-state index contributed by atoms with van der Waals surface area (Å²) in [5.74, 6) is 0.777. The normalized spacial score (nSPS) is 18.7. The third-order valence-electron chi connectivity index (χ3n) is 3.88. The molecular formula is C16H25BrN2O2. The smallest absolute Gasteiger partial charge is 0.133 e. The van der Waals surface area contributed by atoms with Crippen molar-refractivity contribution in [2.45, 2.75) is 31.9 Å². The second kappa shape index (κ2) is 8.13. The van der Waals surface area contributed by atoms with Crippen LogP contribution in [0.2, 0.25) is 0 Å². The number of hydrogen-bond acceptors (Lipinski definition) is 4. The van der Waals surface area contributed by atoms with Gasteiger partial charge in [0.15, 0.2) is 0 Å². The van der Waals surface area contributed by atoms with Gasteiger partial charge in [-0.1, -0.05) is 6.07 Å². The van der Waals surface area contributed by atoms with Gasteiger partial charge in [-0.25, -0.2) is 0 Å². The Labute approximate surface area is 135 Å². The Bertz CT molecular complexity index is 448. The molecule has 0 amide bonds.